The van der Waals surface area contributed by atoms with E-state index in [1.165, 1.54) is 10.6 Å². The van der Waals surface area contributed by atoms with Gasteiger partial charge in [0, 0.05) is 31.9 Å². The molecule has 2 aromatic rings. The Hall–Kier alpha value is -2.70. The fourth-order valence-electron chi connectivity index (χ4n) is 3.69. The Labute approximate surface area is 171 Å². The summed E-state index contributed by atoms with van der Waals surface area (Å²) in [4.78, 5) is 20.5. The van der Waals surface area contributed by atoms with E-state index in [2.05, 4.69) is 21.4 Å². The van der Waals surface area contributed by atoms with Gasteiger partial charge in [-0.2, -0.15) is 5.26 Å². The number of imidazole rings is 1. The summed E-state index contributed by atoms with van der Waals surface area (Å²) >= 11 is 0. The molecule has 0 radical (unpaired) electrons. The summed E-state index contributed by atoms with van der Waals surface area (Å²) in [5, 5.41) is 12.1. The topological polar surface area (TPSA) is 119 Å². The highest BCUT2D eigenvalue weighted by molar-refractivity contribution is 7.88. The van der Waals surface area contributed by atoms with Crippen molar-refractivity contribution in [1.29, 1.82) is 5.26 Å². The molecule has 1 saturated heterocycles. The first-order valence-electron chi connectivity index (χ1n) is 9.47. The number of nitrogens with zero attached hydrogens (tertiary/aromatic N) is 3. The summed E-state index contributed by atoms with van der Waals surface area (Å²) in [6.07, 6.45) is 6.27. The molecule has 29 heavy (non-hydrogen) atoms. The number of sulfonamides is 1. The molecule has 0 spiro atoms. The molecule has 2 atom stereocenters. The summed E-state index contributed by atoms with van der Waals surface area (Å²) in [6, 6.07) is 9.29. The SMILES string of the molecule is CC(Cc1ccc(C#N)cc1)(NC(=O)[C@H]1CCCN(S(C)(=O)=O)C1)c1ncc[nH]1. The molecule has 1 amide bonds. The number of carbonyl (C=O) groups excluding carboxylic acids is 1. The molecule has 1 aliphatic rings. The Morgan fingerprint density at radius 3 is 2.72 bits per heavy atom. The number of amides is 1. The first-order valence-corrected chi connectivity index (χ1v) is 11.3. The number of aromatic amines is 1. The molecule has 0 bridgehead atoms. The van der Waals surface area contributed by atoms with Gasteiger partial charge in [-0.05, 0) is 37.5 Å². The van der Waals surface area contributed by atoms with Crippen molar-refractivity contribution in [2.45, 2.75) is 31.7 Å². The third-order valence-corrected chi connectivity index (χ3v) is 6.55. The maximum Gasteiger partial charge on any atom is 0.225 e. The van der Waals surface area contributed by atoms with Crippen molar-refractivity contribution in [3.63, 3.8) is 0 Å². The van der Waals surface area contributed by atoms with Crippen LogP contribution in [0.1, 0.15) is 36.7 Å². The van der Waals surface area contributed by atoms with Crippen molar-refractivity contribution >= 4 is 15.9 Å². The van der Waals surface area contributed by atoms with E-state index in [9.17, 15) is 13.2 Å². The van der Waals surface area contributed by atoms with Gasteiger partial charge in [-0.15, -0.1) is 0 Å². The van der Waals surface area contributed by atoms with Crippen LogP contribution in [0.3, 0.4) is 0 Å². The molecule has 0 aliphatic carbocycles. The summed E-state index contributed by atoms with van der Waals surface area (Å²) < 4.78 is 25.1. The Kier molecular flexibility index (Phi) is 6.05. The van der Waals surface area contributed by atoms with Crippen molar-refractivity contribution < 1.29 is 13.2 Å². The molecule has 2 heterocycles. The van der Waals surface area contributed by atoms with Gasteiger partial charge in [0.15, 0.2) is 0 Å². The Bertz CT molecular complexity index is 996. The summed E-state index contributed by atoms with van der Waals surface area (Å²) in [5.74, 6) is 0.0191. The predicted octanol–water partition coefficient (Wildman–Crippen LogP) is 1.53. The van der Waals surface area contributed by atoms with E-state index in [0.717, 1.165) is 5.56 Å². The van der Waals surface area contributed by atoms with Crippen LogP contribution in [0.15, 0.2) is 36.7 Å². The van der Waals surface area contributed by atoms with Crippen molar-refractivity contribution in [2.75, 3.05) is 19.3 Å². The van der Waals surface area contributed by atoms with Gasteiger partial charge in [0.2, 0.25) is 15.9 Å². The van der Waals surface area contributed by atoms with Crippen molar-refractivity contribution in [3.8, 4) is 6.07 Å². The average Bonchev–Trinajstić information content (AvgIpc) is 3.24. The van der Waals surface area contributed by atoms with E-state index in [0.29, 0.717) is 37.2 Å². The molecule has 8 nitrogen and oxygen atoms in total. The van der Waals surface area contributed by atoms with E-state index in [-0.39, 0.29) is 12.5 Å². The van der Waals surface area contributed by atoms with E-state index in [4.69, 9.17) is 5.26 Å². The normalized spacial score (nSPS) is 19.8. The summed E-state index contributed by atoms with van der Waals surface area (Å²) in [5.41, 5.74) is 0.715. The number of carbonyl (C=O) groups is 1. The third-order valence-electron chi connectivity index (χ3n) is 5.28. The second kappa shape index (κ2) is 8.35. The van der Waals surface area contributed by atoms with Crippen LogP contribution in [-0.2, 0) is 26.8 Å². The van der Waals surface area contributed by atoms with Crippen LogP contribution in [0, 0.1) is 17.2 Å². The number of H-pyrrole nitrogens is 1. The second-order valence-electron chi connectivity index (χ2n) is 7.70. The fourth-order valence-corrected chi connectivity index (χ4v) is 4.60. The number of rotatable bonds is 6. The lowest BCUT2D eigenvalue weighted by Crippen LogP contribution is -2.51. The van der Waals surface area contributed by atoms with Crippen molar-refractivity contribution in [3.05, 3.63) is 53.6 Å². The number of nitrogens with one attached hydrogen (secondary N) is 2. The van der Waals surface area contributed by atoms with Gasteiger partial charge in [0.25, 0.3) is 0 Å². The molecule has 2 N–H and O–H groups in total. The highest BCUT2D eigenvalue weighted by atomic mass is 32.2. The predicted molar refractivity (Wildman–Crippen MR) is 108 cm³/mol. The van der Waals surface area contributed by atoms with Gasteiger partial charge in [0.1, 0.15) is 5.82 Å². The largest absolute Gasteiger partial charge is 0.347 e. The molecule has 1 unspecified atom stereocenters. The lowest BCUT2D eigenvalue weighted by molar-refractivity contribution is -0.128. The summed E-state index contributed by atoms with van der Waals surface area (Å²) in [7, 11) is -3.33. The quantitative estimate of drug-likeness (QED) is 0.741. The van der Waals surface area contributed by atoms with E-state index in [1.807, 2.05) is 19.1 Å². The number of nitriles is 1. The minimum atomic E-state index is -3.33. The molecular formula is C20H25N5O3S. The maximum atomic E-state index is 13.1. The lowest BCUT2D eigenvalue weighted by atomic mass is 9.89. The molecular weight excluding hydrogens is 390 g/mol. The number of hydrogen-bond donors (Lipinski definition) is 2. The van der Waals surface area contributed by atoms with Gasteiger partial charge in [-0.3, -0.25) is 4.79 Å². The van der Waals surface area contributed by atoms with Crippen LogP contribution in [-0.4, -0.2) is 47.9 Å². The first-order chi connectivity index (χ1) is 13.7. The van der Waals surface area contributed by atoms with Crippen molar-refractivity contribution in [2.24, 2.45) is 5.92 Å². The standard InChI is InChI=1S/C20H25N5O3S/c1-20(19-22-9-10-23-19,12-15-5-7-16(13-21)8-6-15)24-18(26)17-4-3-11-25(14-17)29(2,27)28/h5-10,17H,3-4,11-12,14H2,1-2H3,(H,22,23)(H,24,26)/t17-,20?/m0/s1. The molecule has 0 saturated carbocycles. The number of aromatic nitrogens is 2. The van der Waals surface area contributed by atoms with Crippen LogP contribution in [0.25, 0.3) is 0 Å². The second-order valence-corrected chi connectivity index (χ2v) is 9.69. The van der Waals surface area contributed by atoms with Crippen LogP contribution in [0.2, 0.25) is 0 Å². The average molecular weight is 416 g/mol. The van der Waals surface area contributed by atoms with Crippen LogP contribution in [0.4, 0.5) is 0 Å². The van der Waals surface area contributed by atoms with Crippen LogP contribution >= 0.6 is 0 Å². The van der Waals surface area contributed by atoms with Crippen LogP contribution in [0.5, 0.6) is 0 Å². The highest BCUT2D eigenvalue weighted by Crippen LogP contribution is 2.26. The molecule has 1 aliphatic heterocycles. The van der Waals surface area contributed by atoms with Gasteiger partial charge in [-0.1, -0.05) is 12.1 Å². The Morgan fingerprint density at radius 2 is 2.14 bits per heavy atom. The van der Waals surface area contributed by atoms with Crippen molar-refractivity contribution in [1.82, 2.24) is 19.6 Å². The van der Waals surface area contributed by atoms with E-state index < -0.39 is 21.5 Å². The first kappa shape index (κ1) is 21.0. The Balaban J connectivity index is 1.80. The minimum absolute atomic E-state index is 0.189. The maximum absolute atomic E-state index is 13.1. The van der Waals surface area contributed by atoms with Crippen LogP contribution < -0.4 is 5.32 Å². The van der Waals surface area contributed by atoms with Gasteiger partial charge >= 0.3 is 0 Å². The highest BCUT2D eigenvalue weighted by Gasteiger charge is 2.36. The zero-order chi connectivity index (χ0) is 21.1. The molecule has 1 aromatic carbocycles. The van der Waals surface area contributed by atoms with E-state index >= 15 is 0 Å². The molecule has 1 fully saturated rings. The monoisotopic (exact) mass is 415 g/mol. The van der Waals surface area contributed by atoms with Gasteiger partial charge in [-0.25, -0.2) is 17.7 Å². The van der Waals surface area contributed by atoms with Gasteiger partial charge in [0.05, 0.1) is 29.3 Å². The zero-order valence-electron chi connectivity index (χ0n) is 16.6. The zero-order valence-corrected chi connectivity index (χ0v) is 17.4. The minimum Gasteiger partial charge on any atom is -0.347 e. The molecule has 3 rings (SSSR count). The summed E-state index contributed by atoms with van der Waals surface area (Å²) in [6.45, 7) is 2.53. The number of piperidine rings is 1. The number of hydrogen-bond acceptors (Lipinski definition) is 5. The Morgan fingerprint density at radius 1 is 1.41 bits per heavy atom. The van der Waals surface area contributed by atoms with E-state index in [1.54, 1.807) is 24.5 Å². The lowest BCUT2D eigenvalue weighted by Gasteiger charge is -2.34. The molecule has 1 aromatic heterocycles. The number of benzene rings is 1. The molecule has 9 heteroatoms. The smallest absolute Gasteiger partial charge is 0.225 e. The fraction of sp³-hybridized carbons (Fsp3) is 0.450. The molecule has 154 valence electrons. The third kappa shape index (κ3) is 5.02. The van der Waals surface area contributed by atoms with Gasteiger partial charge < -0.3 is 10.3 Å².